The fraction of sp³-hybridized carbons (Fsp3) is 0.500. The van der Waals surface area contributed by atoms with E-state index in [4.69, 9.17) is 4.43 Å². The second-order valence-electron chi connectivity index (χ2n) is 9.09. The van der Waals surface area contributed by atoms with E-state index in [0.717, 1.165) is 10.4 Å². The van der Waals surface area contributed by atoms with E-state index in [-0.39, 0.29) is 18.3 Å². The Hall–Kier alpha value is -0.923. The van der Waals surface area contributed by atoms with Crippen LogP contribution in [0.25, 0.3) is 0 Å². The summed E-state index contributed by atoms with van der Waals surface area (Å²) in [5.74, 6) is 0. The van der Waals surface area contributed by atoms with Crippen molar-refractivity contribution in [3.63, 3.8) is 0 Å². The summed E-state index contributed by atoms with van der Waals surface area (Å²) in [6, 6.07) is 20.4. The monoisotopic (exact) mass is 496 g/mol. The van der Waals surface area contributed by atoms with Gasteiger partial charge in [-0.3, -0.25) is 4.57 Å². The van der Waals surface area contributed by atoms with Crippen LogP contribution in [0.2, 0.25) is 5.04 Å². The molecule has 0 saturated carbocycles. The van der Waals surface area contributed by atoms with Crippen LogP contribution >= 0.6 is 19.4 Å². The van der Waals surface area contributed by atoms with Crippen molar-refractivity contribution in [2.45, 2.75) is 62.2 Å². The molecule has 8 heteroatoms. The highest BCUT2D eigenvalue weighted by Gasteiger charge is 2.51. The van der Waals surface area contributed by atoms with Crippen LogP contribution < -0.4 is 10.4 Å². The summed E-state index contributed by atoms with van der Waals surface area (Å²) >= 11 is 1.17. The maximum atomic E-state index is 12.3. The van der Waals surface area contributed by atoms with Crippen molar-refractivity contribution in [3.05, 3.63) is 60.7 Å². The largest absolute Gasteiger partial charge is 0.406 e. The predicted molar refractivity (Wildman–Crippen MR) is 137 cm³/mol. The molecule has 0 spiro atoms. The first-order valence-electron chi connectivity index (χ1n) is 11.1. The number of hydrogen-bond acceptors (Lipinski definition) is 4. The molecule has 2 rings (SSSR count). The molecule has 0 fully saturated rings. The summed E-state index contributed by atoms with van der Waals surface area (Å²) < 4.78 is 18.0. The standard InChI is InChI=1S/C24H37O5PSSi/c1-6-24(7-2,30(26,27)28)31-20(18-25)19-29-32(23(3,4)5,21-14-10-8-11-15-21)22-16-12-9-13-17-22/h8-17,20,25H,6-7,18-19H2,1-5H3,(H2,26,27,28)/t20-/m0/s1. The van der Waals surface area contributed by atoms with E-state index in [0.29, 0.717) is 12.8 Å². The second-order valence-corrected chi connectivity index (χ2v) is 17.3. The van der Waals surface area contributed by atoms with E-state index in [9.17, 15) is 19.5 Å². The first-order chi connectivity index (χ1) is 15.0. The Labute approximate surface area is 197 Å². The quantitative estimate of drug-likeness (QED) is 0.317. The normalized spacial score (nSPS) is 14.4. The van der Waals surface area contributed by atoms with E-state index >= 15 is 0 Å². The Morgan fingerprint density at radius 3 is 1.69 bits per heavy atom. The zero-order valence-corrected chi connectivity index (χ0v) is 22.4. The lowest BCUT2D eigenvalue weighted by Gasteiger charge is -2.44. The molecule has 5 nitrogen and oxygen atoms in total. The van der Waals surface area contributed by atoms with Crippen molar-refractivity contribution in [1.82, 2.24) is 0 Å². The fourth-order valence-electron chi connectivity index (χ4n) is 4.31. The Balaban J connectivity index is 2.50. The van der Waals surface area contributed by atoms with E-state index in [1.807, 2.05) is 36.4 Å². The maximum absolute atomic E-state index is 12.3. The van der Waals surface area contributed by atoms with Crippen molar-refractivity contribution >= 4 is 38.0 Å². The van der Waals surface area contributed by atoms with Gasteiger partial charge in [0.1, 0.15) is 4.49 Å². The van der Waals surface area contributed by atoms with Gasteiger partial charge in [-0.15, -0.1) is 11.8 Å². The van der Waals surface area contributed by atoms with Gasteiger partial charge < -0.3 is 19.3 Å². The molecule has 0 radical (unpaired) electrons. The first kappa shape index (κ1) is 27.3. The van der Waals surface area contributed by atoms with E-state index in [1.54, 1.807) is 13.8 Å². The molecule has 3 N–H and O–H groups in total. The zero-order chi connectivity index (χ0) is 24.0. The maximum Gasteiger partial charge on any atom is 0.341 e. The molecular weight excluding hydrogens is 459 g/mol. The Kier molecular flexibility index (Phi) is 9.39. The molecule has 0 aliphatic carbocycles. The van der Waals surface area contributed by atoms with E-state index in [2.05, 4.69) is 45.0 Å². The first-order valence-corrected chi connectivity index (χ1v) is 15.5. The molecule has 0 aromatic heterocycles. The van der Waals surface area contributed by atoms with Crippen LogP contribution in [-0.4, -0.2) is 46.2 Å². The Morgan fingerprint density at radius 2 is 1.38 bits per heavy atom. The van der Waals surface area contributed by atoms with Gasteiger partial charge in [0, 0.05) is 6.61 Å². The lowest BCUT2D eigenvalue weighted by atomic mass is 10.2. The average molecular weight is 497 g/mol. The van der Waals surface area contributed by atoms with Gasteiger partial charge in [-0.2, -0.15) is 0 Å². The molecule has 1 atom stereocenters. The number of aliphatic hydroxyl groups is 1. The molecule has 0 unspecified atom stereocenters. The third kappa shape index (κ3) is 5.58. The molecule has 0 amide bonds. The number of rotatable bonds is 11. The van der Waals surface area contributed by atoms with Crippen LogP contribution in [-0.2, 0) is 8.99 Å². The van der Waals surface area contributed by atoms with Gasteiger partial charge in [0.15, 0.2) is 0 Å². The molecule has 0 bridgehead atoms. The van der Waals surface area contributed by atoms with Crippen LogP contribution in [0.15, 0.2) is 60.7 Å². The molecule has 2 aromatic rings. The number of thioether (sulfide) groups is 1. The van der Waals surface area contributed by atoms with Crippen LogP contribution in [0.3, 0.4) is 0 Å². The Bertz CT molecular complexity index is 839. The van der Waals surface area contributed by atoms with E-state index < -0.39 is 25.7 Å². The fourth-order valence-corrected chi connectivity index (χ4v) is 12.0. The number of hydrogen-bond donors (Lipinski definition) is 3. The third-order valence-corrected chi connectivity index (χ3v) is 15.5. The van der Waals surface area contributed by atoms with Gasteiger partial charge >= 0.3 is 7.60 Å². The molecule has 2 aromatic carbocycles. The van der Waals surface area contributed by atoms with Gasteiger partial charge in [0.05, 0.1) is 11.9 Å². The summed E-state index contributed by atoms with van der Waals surface area (Å²) in [4.78, 5) is 20.1. The van der Waals surface area contributed by atoms with Crippen molar-refractivity contribution in [2.24, 2.45) is 0 Å². The Morgan fingerprint density at radius 1 is 0.938 bits per heavy atom. The van der Waals surface area contributed by atoms with Crippen molar-refractivity contribution in [1.29, 1.82) is 0 Å². The minimum absolute atomic E-state index is 0.205. The molecule has 178 valence electrons. The van der Waals surface area contributed by atoms with Gasteiger partial charge in [-0.05, 0) is 28.3 Å². The zero-order valence-electron chi connectivity index (χ0n) is 19.7. The highest BCUT2D eigenvalue weighted by Crippen LogP contribution is 2.61. The topological polar surface area (TPSA) is 87.0 Å². The van der Waals surface area contributed by atoms with Gasteiger partial charge in [-0.25, -0.2) is 0 Å². The highest BCUT2D eigenvalue weighted by molar-refractivity contribution is 8.06. The SMILES string of the molecule is CCC(CC)(S[C@@H](CO)CO[Si](c1ccccc1)(c1ccccc1)C(C)(C)C)P(=O)(O)O. The van der Waals surface area contributed by atoms with Crippen molar-refractivity contribution in [3.8, 4) is 0 Å². The van der Waals surface area contributed by atoms with Crippen LogP contribution in [0.4, 0.5) is 0 Å². The minimum atomic E-state index is -4.38. The highest BCUT2D eigenvalue weighted by atomic mass is 32.2. The molecule has 0 heterocycles. The van der Waals surface area contributed by atoms with Crippen LogP contribution in [0, 0.1) is 0 Å². The molecule has 0 aliphatic rings. The van der Waals surface area contributed by atoms with Crippen LogP contribution in [0.5, 0.6) is 0 Å². The summed E-state index contributed by atoms with van der Waals surface area (Å²) in [6.07, 6.45) is 0.627. The summed E-state index contributed by atoms with van der Waals surface area (Å²) in [5.41, 5.74) is 0. The minimum Gasteiger partial charge on any atom is -0.406 e. The smallest absolute Gasteiger partial charge is 0.341 e. The number of benzene rings is 2. The van der Waals surface area contributed by atoms with Crippen LogP contribution in [0.1, 0.15) is 47.5 Å². The van der Waals surface area contributed by atoms with Crippen molar-refractivity contribution in [2.75, 3.05) is 13.2 Å². The summed E-state index contributed by atoms with van der Waals surface area (Å²) in [6.45, 7) is 10.1. The van der Waals surface area contributed by atoms with Crippen molar-refractivity contribution < 1.29 is 23.9 Å². The van der Waals surface area contributed by atoms with Gasteiger partial charge in [0.25, 0.3) is 8.32 Å². The summed E-state index contributed by atoms with van der Waals surface area (Å²) in [7, 11) is -7.17. The molecular formula is C24H37O5PSSi. The molecule has 32 heavy (non-hydrogen) atoms. The van der Waals surface area contributed by atoms with Gasteiger partial charge in [0.2, 0.25) is 0 Å². The van der Waals surface area contributed by atoms with E-state index in [1.165, 1.54) is 11.8 Å². The third-order valence-electron chi connectivity index (χ3n) is 6.13. The predicted octanol–water partition coefficient (Wildman–Crippen LogP) is 4.35. The second kappa shape index (κ2) is 11.0. The lowest BCUT2D eigenvalue weighted by Crippen LogP contribution is -2.67. The summed E-state index contributed by atoms with van der Waals surface area (Å²) in [5, 5.41) is 11.7. The lowest BCUT2D eigenvalue weighted by molar-refractivity contribution is 0.232. The molecule has 0 aliphatic heterocycles. The number of aliphatic hydroxyl groups excluding tert-OH is 1. The van der Waals surface area contributed by atoms with Gasteiger partial charge in [-0.1, -0.05) is 95.3 Å². The molecule has 0 saturated heterocycles. The average Bonchev–Trinajstić information content (AvgIpc) is 2.76.